The zero-order chi connectivity index (χ0) is 14.7. The SMILES string of the molecule is CSC(C)CCNC(=O)N1CC2CCCC2C1C(=O)O. The number of nitrogens with one attached hydrogen (secondary N) is 1. The lowest BCUT2D eigenvalue weighted by atomic mass is 9.94. The van der Waals surface area contributed by atoms with Gasteiger partial charge in [-0.15, -0.1) is 0 Å². The topological polar surface area (TPSA) is 69.6 Å². The average molecular weight is 300 g/mol. The van der Waals surface area contributed by atoms with Gasteiger partial charge in [0.15, 0.2) is 0 Å². The quantitative estimate of drug-likeness (QED) is 0.815. The number of carboxylic acid groups (broad SMARTS) is 1. The summed E-state index contributed by atoms with van der Waals surface area (Å²) in [6.07, 6.45) is 6.05. The Bertz CT molecular complexity index is 377. The van der Waals surface area contributed by atoms with E-state index in [1.807, 2.05) is 0 Å². The van der Waals surface area contributed by atoms with Gasteiger partial charge in [-0.1, -0.05) is 13.3 Å². The minimum atomic E-state index is -0.855. The lowest BCUT2D eigenvalue weighted by Crippen LogP contribution is -2.48. The summed E-state index contributed by atoms with van der Waals surface area (Å²) in [5, 5.41) is 12.8. The van der Waals surface area contributed by atoms with Crippen LogP contribution in [0.2, 0.25) is 0 Å². The number of fused-ring (bicyclic) bond motifs is 1. The summed E-state index contributed by atoms with van der Waals surface area (Å²) in [6.45, 7) is 3.34. The number of thioether (sulfide) groups is 1. The van der Waals surface area contributed by atoms with E-state index in [-0.39, 0.29) is 11.9 Å². The molecule has 1 aliphatic heterocycles. The highest BCUT2D eigenvalue weighted by Gasteiger charge is 2.49. The third kappa shape index (κ3) is 3.22. The van der Waals surface area contributed by atoms with E-state index in [0.717, 1.165) is 25.7 Å². The molecular weight excluding hydrogens is 276 g/mol. The van der Waals surface area contributed by atoms with E-state index in [1.54, 1.807) is 16.7 Å². The minimum absolute atomic E-state index is 0.156. The molecule has 4 atom stereocenters. The van der Waals surface area contributed by atoms with Crippen molar-refractivity contribution in [3.63, 3.8) is 0 Å². The molecule has 0 aromatic heterocycles. The van der Waals surface area contributed by atoms with Crippen LogP contribution in [-0.4, -0.2) is 52.6 Å². The van der Waals surface area contributed by atoms with Crippen molar-refractivity contribution < 1.29 is 14.7 Å². The van der Waals surface area contributed by atoms with Crippen LogP contribution in [0.15, 0.2) is 0 Å². The molecule has 2 amide bonds. The van der Waals surface area contributed by atoms with Gasteiger partial charge in [0.2, 0.25) is 0 Å². The molecule has 1 saturated heterocycles. The number of aliphatic carboxylic acids is 1. The van der Waals surface area contributed by atoms with Crippen LogP contribution in [0.4, 0.5) is 4.79 Å². The number of carbonyl (C=O) groups is 2. The molecule has 6 heteroatoms. The van der Waals surface area contributed by atoms with Gasteiger partial charge in [-0.2, -0.15) is 11.8 Å². The van der Waals surface area contributed by atoms with Crippen molar-refractivity contribution >= 4 is 23.8 Å². The number of hydrogen-bond acceptors (Lipinski definition) is 3. The maximum atomic E-state index is 12.2. The maximum Gasteiger partial charge on any atom is 0.326 e. The molecule has 0 bridgehead atoms. The van der Waals surface area contributed by atoms with Gasteiger partial charge in [-0.05, 0) is 37.4 Å². The van der Waals surface area contributed by atoms with Gasteiger partial charge in [0.25, 0.3) is 0 Å². The van der Waals surface area contributed by atoms with Crippen molar-refractivity contribution in [1.82, 2.24) is 10.2 Å². The standard InChI is InChI=1S/C14H24N2O3S/c1-9(20-2)6-7-15-14(19)16-8-10-4-3-5-11(10)12(16)13(17)18/h9-12H,3-8H2,1-2H3,(H,15,19)(H,17,18). The van der Waals surface area contributed by atoms with E-state index in [9.17, 15) is 14.7 Å². The molecule has 5 nitrogen and oxygen atoms in total. The number of urea groups is 1. The van der Waals surface area contributed by atoms with Gasteiger partial charge < -0.3 is 15.3 Å². The summed E-state index contributed by atoms with van der Waals surface area (Å²) in [5.74, 6) is -0.317. The molecule has 2 N–H and O–H groups in total. The second-order valence-corrected chi connectivity index (χ2v) is 7.13. The van der Waals surface area contributed by atoms with Gasteiger partial charge in [-0.3, -0.25) is 0 Å². The fourth-order valence-electron chi connectivity index (χ4n) is 3.43. The Morgan fingerprint density at radius 2 is 2.20 bits per heavy atom. The van der Waals surface area contributed by atoms with Gasteiger partial charge in [0.1, 0.15) is 6.04 Å². The van der Waals surface area contributed by atoms with E-state index in [4.69, 9.17) is 0 Å². The molecule has 4 unspecified atom stereocenters. The first-order chi connectivity index (χ1) is 9.54. The van der Waals surface area contributed by atoms with Gasteiger partial charge in [0.05, 0.1) is 0 Å². The summed E-state index contributed by atoms with van der Waals surface area (Å²) in [6, 6.07) is -0.833. The minimum Gasteiger partial charge on any atom is -0.480 e. The molecule has 0 aromatic rings. The second kappa shape index (κ2) is 6.70. The summed E-state index contributed by atoms with van der Waals surface area (Å²) in [4.78, 5) is 25.2. The smallest absolute Gasteiger partial charge is 0.326 e. The Labute approximate surface area is 124 Å². The number of carbonyl (C=O) groups excluding carboxylic acids is 1. The number of nitrogens with zero attached hydrogens (tertiary/aromatic N) is 1. The molecule has 1 saturated carbocycles. The van der Waals surface area contributed by atoms with Crippen molar-refractivity contribution in [3.05, 3.63) is 0 Å². The molecule has 2 rings (SSSR count). The molecule has 114 valence electrons. The molecule has 0 radical (unpaired) electrons. The highest BCUT2D eigenvalue weighted by atomic mass is 32.2. The molecular formula is C14H24N2O3S. The first-order valence-corrected chi connectivity index (χ1v) is 8.63. The Morgan fingerprint density at radius 3 is 2.85 bits per heavy atom. The van der Waals surface area contributed by atoms with Crippen LogP contribution in [0.5, 0.6) is 0 Å². The van der Waals surface area contributed by atoms with Crippen molar-refractivity contribution in [2.24, 2.45) is 11.8 Å². The first-order valence-electron chi connectivity index (χ1n) is 7.34. The van der Waals surface area contributed by atoms with Gasteiger partial charge in [0, 0.05) is 18.3 Å². The summed E-state index contributed by atoms with van der Waals surface area (Å²) in [5.41, 5.74) is 0. The second-order valence-electron chi connectivity index (χ2n) is 5.86. The van der Waals surface area contributed by atoms with E-state index >= 15 is 0 Å². The predicted molar refractivity (Wildman–Crippen MR) is 80.0 cm³/mol. The van der Waals surface area contributed by atoms with E-state index < -0.39 is 12.0 Å². The average Bonchev–Trinajstić information content (AvgIpc) is 2.97. The van der Waals surface area contributed by atoms with Crippen molar-refractivity contribution in [2.75, 3.05) is 19.3 Å². The molecule has 0 spiro atoms. The summed E-state index contributed by atoms with van der Waals surface area (Å²) < 4.78 is 0. The van der Waals surface area contributed by atoms with Crippen molar-refractivity contribution in [2.45, 2.75) is 43.9 Å². The maximum absolute atomic E-state index is 12.2. The Kier molecular flexibility index (Phi) is 5.18. The monoisotopic (exact) mass is 300 g/mol. The zero-order valence-electron chi connectivity index (χ0n) is 12.2. The van der Waals surface area contributed by atoms with Crippen LogP contribution >= 0.6 is 11.8 Å². The number of hydrogen-bond donors (Lipinski definition) is 2. The molecule has 1 aliphatic carbocycles. The molecule has 2 aliphatic rings. The van der Waals surface area contributed by atoms with Crippen LogP contribution in [0.1, 0.15) is 32.6 Å². The van der Waals surface area contributed by atoms with Crippen LogP contribution in [-0.2, 0) is 4.79 Å². The number of carboxylic acids is 1. The van der Waals surface area contributed by atoms with Crippen LogP contribution in [0.3, 0.4) is 0 Å². The Balaban J connectivity index is 1.90. The summed E-state index contributed by atoms with van der Waals surface area (Å²) in [7, 11) is 0. The third-order valence-corrected chi connectivity index (χ3v) is 5.67. The highest BCUT2D eigenvalue weighted by Crippen LogP contribution is 2.42. The number of rotatable bonds is 5. The zero-order valence-corrected chi connectivity index (χ0v) is 13.0. The molecule has 0 aromatic carbocycles. The fourth-order valence-corrected chi connectivity index (χ4v) is 3.79. The van der Waals surface area contributed by atoms with Crippen LogP contribution < -0.4 is 5.32 Å². The Hall–Kier alpha value is -0.910. The van der Waals surface area contributed by atoms with Crippen LogP contribution in [0.25, 0.3) is 0 Å². The van der Waals surface area contributed by atoms with E-state index in [1.165, 1.54) is 0 Å². The predicted octanol–water partition coefficient (Wildman–Crippen LogP) is 2.02. The lowest BCUT2D eigenvalue weighted by Gasteiger charge is -2.24. The molecule has 1 heterocycles. The fraction of sp³-hybridized carbons (Fsp3) is 0.857. The largest absolute Gasteiger partial charge is 0.480 e. The number of amides is 2. The highest BCUT2D eigenvalue weighted by molar-refractivity contribution is 7.99. The van der Waals surface area contributed by atoms with E-state index in [0.29, 0.717) is 24.3 Å². The van der Waals surface area contributed by atoms with Gasteiger partial charge in [-0.25, -0.2) is 9.59 Å². The molecule has 20 heavy (non-hydrogen) atoms. The Morgan fingerprint density at radius 1 is 1.45 bits per heavy atom. The van der Waals surface area contributed by atoms with Gasteiger partial charge >= 0.3 is 12.0 Å². The normalized spacial score (nSPS) is 30.1. The van der Waals surface area contributed by atoms with Crippen LogP contribution in [0, 0.1) is 11.8 Å². The lowest BCUT2D eigenvalue weighted by molar-refractivity contribution is -0.142. The number of likely N-dealkylation sites (tertiary alicyclic amines) is 1. The summed E-state index contributed by atoms with van der Waals surface area (Å²) >= 11 is 1.77. The third-order valence-electron chi connectivity index (χ3n) is 4.63. The molecule has 2 fully saturated rings. The first kappa shape index (κ1) is 15.5. The van der Waals surface area contributed by atoms with Crippen molar-refractivity contribution in [3.8, 4) is 0 Å². The van der Waals surface area contributed by atoms with E-state index in [2.05, 4.69) is 18.5 Å². The van der Waals surface area contributed by atoms with Crippen molar-refractivity contribution in [1.29, 1.82) is 0 Å².